The fraction of sp³-hybridized carbons (Fsp3) is 0. The van der Waals surface area contributed by atoms with E-state index < -0.39 is 0 Å². The highest BCUT2D eigenvalue weighted by Crippen LogP contribution is 2.06. The zero-order valence-electron chi connectivity index (χ0n) is 4.71. The van der Waals surface area contributed by atoms with E-state index in [9.17, 15) is 4.79 Å². The molecular formula is C5H2I2N2O. The molecule has 1 rings (SSSR count). The molecule has 0 spiro atoms. The van der Waals surface area contributed by atoms with Crippen LogP contribution in [-0.2, 0) is 0 Å². The molecule has 0 atom stereocenters. The van der Waals surface area contributed by atoms with E-state index >= 15 is 0 Å². The summed E-state index contributed by atoms with van der Waals surface area (Å²) in [5.41, 5.74) is 0.404. The first-order valence-electron chi connectivity index (χ1n) is 2.37. The van der Waals surface area contributed by atoms with Crippen LogP contribution in [0, 0.1) is 7.40 Å². The number of hydrogen-bond donors (Lipinski definition) is 0. The molecule has 0 bridgehead atoms. The van der Waals surface area contributed by atoms with E-state index in [2.05, 4.69) is 9.97 Å². The Morgan fingerprint density at radius 2 is 2.20 bits per heavy atom. The summed E-state index contributed by atoms with van der Waals surface area (Å²) in [5.74, 6) is 0. The molecular weight excluding hydrogens is 358 g/mol. The molecule has 0 radical (unpaired) electrons. The van der Waals surface area contributed by atoms with Gasteiger partial charge in [0.15, 0.2) is 6.29 Å². The van der Waals surface area contributed by atoms with Crippen LogP contribution in [0.5, 0.6) is 0 Å². The first-order chi connectivity index (χ1) is 4.74. The molecule has 0 amide bonds. The Kier molecular flexibility index (Phi) is 2.96. The van der Waals surface area contributed by atoms with Gasteiger partial charge in [-0.25, -0.2) is 9.97 Å². The lowest BCUT2D eigenvalue weighted by Gasteiger charge is -1.92. The van der Waals surface area contributed by atoms with E-state index in [-0.39, 0.29) is 0 Å². The molecule has 5 heteroatoms. The normalized spacial score (nSPS) is 9.40. The molecule has 10 heavy (non-hydrogen) atoms. The number of carbonyl (C=O) groups excluding carboxylic acids is 1. The van der Waals surface area contributed by atoms with Crippen molar-refractivity contribution in [3.05, 3.63) is 19.3 Å². The van der Waals surface area contributed by atoms with Gasteiger partial charge in [0.05, 0.1) is 6.20 Å². The van der Waals surface area contributed by atoms with Crippen LogP contribution >= 0.6 is 45.2 Å². The third-order valence-corrected chi connectivity index (χ3v) is 2.15. The first-order valence-corrected chi connectivity index (χ1v) is 4.53. The highest BCUT2D eigenvalue weighted by atomic mass is 127. The average molecular weight is 360 g/mol. The van der Waals surface area contributed by atoms with Crippen LogP contribution < -0.4 is 0 Å². The standard InChI is InChI=1S/C5H2I2N2O/c6-4-1-8-3(2-10)5(7)9-4/h1-2H. The molecule has 0 aromatic carbocycles. The summed E-state index contributed by atoms with van der Waals surface area (Å²) in [5, 5.41) is 0. The van der Waals surface area contributed by atoms with E-state index in [1.165, 1.54) is 0 Å². The van der Waals surface area contributed by atoms with Gasteiger partial charge in [-0.3, -0.25) is 4.79 Å². The Labute approximate surface area is 84.9 Å². The number of carbonyl (C=O) groups is 1. The van der Waals surface area contributed by atoms with Gasteiger partial charge < -0.3 is 0 Å². The lowest BCUT2D eigenvalue weighted by Crippen LogP contribution is -1.96. The SMILES string of the molecule is O=Cc1ncc(I)nc1I. The minimum absolute atomic E-state index is 0.404. The van der Waals surface area contributed by atoms with Crippen molar-refractivity contribution in [2.45, 2.75) is 0 Å². The number of rotatable bonds is 1. The minimum Gasteiger partial charge on any atom is -0.296 e. The van der Waals surface area contributed by atoms with Gasteiger partial charge in [-0.05, 0) is 45.2 Å². The van der Waals surface area contributed by atoms with Crippen molar-refractivity contribution in [3.8, 4) is 0 Å². The second kappa shape index (κ2) is 3.56. The monoisotopic (exact) mass is 360 g/mol. The topological polar surface area (TPSA) is 42.9 Å². The molecule has 0 unspecified atom stereocenters. The number of aromatic nitrogens is 2. The van der Waals surface area contributed by atoms with Gasteiger partial charge in [0, 0.05) is 0 Å². The number of aldehydes is 1. The van der Waals surface area contributed by atoms with Crippen LogP contribution in [0.15, 0.2) is 6.20 Å². The Hall–Kier alpha value is 0.210. The second-order valence-corrected chi connectivity index (χ2v) is 3.61. The highest BCUT2D eigenvalue weighted by molar-refractivity contribution is 14.1. The predicted molar refractivity (Wildman–Crippen MR) is 52.9 cm³/mol. The quantitative estimate of drug-likeness (QED) is 0.563. The summed E-state index contributed by atoms with van der Waals surface area (Å²) in [6, 6.07) is 0. The molecule has 3 nitrogen and oxygen atoms in total. The van der Waals surface area contributed by atoms with Crippen molar-refractivity contribution in [1.82, 2.24) is 9.97 Å². The number of hydrogen-bond acceptors (Lipinski definition) is 3. The molecule has 0 saturated heterocycles. The maximum atomic E-state index is 10.2. The summed E-state index contributed by atoms with van der Waals surface area (Å²) < 4.78 is 1.45. The maximum Gasteiger partial charge on any atom is 0.171 e. The van der Waals surface area contributed by atoms with Gasteiger partial charge in [-0.1, -0.05) is 0 Å². The minimum atomic E-state index is 0.404. The number of nitrogens with zero attached hydrogens (tertiary/aromatic N) is 2. The van der Waals surface area contributed by atoms with Crippen LogP contribution in [-0.4, -0.2) is 16.3 Å². The van der Waals surface area contributed by atoms with Crippen LogP contribution in [0.4, 0.5) is 0 Å². The van der Waals surface area contributed by atoms with Gasteiger partial charge in [0.2, 0.25) is 0 Å². The van der Waals surface area contributed by atoms with Crippen LogP contribution in [0.1, 0.15) is 10.5 Å². The molecule has 1 heterocycles. The van der Waals surface area contributed by atoms with Gasteiger partial charge in [-0.2, -0.15) is 0 Å². The Morgan fingerprint density at radius 3 is 2.70 bits per heavy atom. The summed E-state index contributed by atoms with van der Waals surface area (Å²) in [6.07, 6.45) is 2.26. The number of halogens is 2. The largest absolute Gasteiger partial charge is 0.296 e. The third kappa shape index (κ3) is 1.84. The lowest BCUT2D eigenvalue weighted by molar-refractivity contribution is 0.111. The molecule has 0 fully saturated rings. The third-order valence-electron chi connectivity index (χ3n) is 0.838. The lowest BCUT2D eigenvalue weighted by atomic mass is 10.5. The van der Waals surface area contributed by atoms with Gasteiger partial charge in [0.1, 0.15) is 13.1 Å². The summed E-state index contributed by atoms with van der Waals surface area (Å²) in [4.78, 5) is 18.1. The van der Waals surface area contributed by atoms with Crippen molar-refractivity contribution in [1.29, 1.82) is 0 Å². The molecule has 0 N–H and O–H groups in total. The van der Waals surface area contributed by atoms with Crippen LogP contribution in [0.3, 0.4) is 0 Å². The van der Waals surface area contributed by atoms with E-state index in [4.69, 9.17) is 0 Å². The molecule has 1 aromatic rings. The molecule has 0 aliphatic heterocycles. The zero-order chi connectivity index (χ0) is 7.56. The Morgan fingerprint density at radius 1 is 1.50 bits per heavy atom. The molecule has 0 aliphatic carbocycles. The van der Waals surface area contributed by atoms with Crippen molar-refractivity contribution < 1.29 is 4.79 Å². The first kappa shape index (κ1) is 8.31. The second-order valence-electron chi connectivity index (χ2n) is 1.49. The smallest absolute Gasteiger partial charge is 0.171 e. The zero-order valence-corrected chi connectivity index (χ0v) is 9.03. The molecule has 52 valence electrons. The Balaban J connectivity index is 3.19. The fourth-order valence-electron chi connectivity index (χ4n) is 0.435. The van der Waals surface area contributed by atoms with Crippen LogP contribution in [0.25, 0.3) is 0 Å². The Bertz CT molecular complexity index is 264. The molecule has 0 aliphatic rings. The summed E-state index contributed by atoms with van der Waals surface area (Å²) in [7, 11) is 0. The highest BCUT2D eigenvalue weighted by Gasteiger charge is 2.00. The molecule has 1 aromatic heterocycles. The maximum absolute atomic E-state index is 10.2. The van der Waals surface area contributed by atoms with E-state index in [0.717, 1.165) is 3.70 Å². The van der Waals surface area contributed by atoms with Gasteiger partial charge in [0.25, 0.3) is 0 Å². The van der Waals surface area contributed by atoms with Gasteiger partial charge >= 0.3 is 0 Å². The van der Waals surface area contributed by atoms with Crippen molar-refractivity contribution in [2.24, 2.45) is 0 Å². The van der Waals surface area contributed by atoms with Crippen molar-refractivity contribution in [3.63, 3.8) is 0 Å². The summed E-state index contributed by atoms with van der Waals surface area (Å²) in [6.45, 7) is 0. The van der Waals surface area contributed by atoms with Crippen molar-refractivity contribution >= 4 is 51.5 Å². The van der Waals surface area contributed by atoms with Crippen molar-refractivity contribution in [2.75, 3.05) is 0 Å². The predicted octanol–water partition coefficient (Wildman–Crippen LogP) is 1.50. The average Bonchev–Trinajstić information content (AvgIpc) is 1.88. The summed E-state index contributed by atoms with van der Waals surface area (Å²) >= 11 is 4.02. The van der Waals surface area contributed by atoms with E-state index in [0.29, 0.717) is 15.7 Å². The van der Waals surface area contributed by atoms with Gasteiger partial charge in [-0.15, -0.1) is 0 Å². The van der Waals surface area contributed by atoms with Crippen LogP contribution in [0.2, 0.25) is 0 Å². The van der Waals surface area contributed by atoms with E-state index in [1.54, 1.807) is 6.20 Å². The molecule has 0 saturated carbocycles. The fourth-order valence-corrected chi connectivity index (χ4v) is 1.80. The van der Waals surface area contributed by atoms with E-state index in [1.807, 2.05) is 45.2 Å².